The zero-order valence-corrected chi connectivity index (χ0v) is 45.3. The fraction of sp³-hybridized carbons (Fsp3) is 0.118. The SMILES string of the molecule is CC(C)(C)c1ccc2c(c1)c1cc(C(C)(C)C)ccc1n2-c1cc2c3c(c1)N(c1c(-c4ccccc4)cccc1-c1ccccc1)c1cc(-c4cc(F)cc(F)c4)ccc1B3c1ccc(-c3cc(F)cc(F)c3)cc1[Te]2. The Labute approximate surface area is 451 Å². The van der Waals surface area contributed by atoms with Crippen LogP contribution in [0.5, 0.6) is 0 Å². The molecule has 0 fully saturated rings. The number of halogens is 4. The number of hydrogen-bond donors (Lipinski definition) is 0. The Balaban J connectivity index is 1.17. The molecule has 11 aromatic rings. The molecule has 2 aliphatic heterocycles. The molecular formula is C68H51BF4N2Te. The number of fused-ring (bicyclic) bond motifs is 7. The number of aromatic nitrogens is 1. The van der Waals surface area contributed by atoms with E-state index in [9.17, 15) is 8.78 Å². The fourth-order valence-electron chi connectivity index (χ4n) is 11.6. The van der Waals surface area contributed by atoms with E-state index in [1.54, 1.807) is 0 Å². The molecule has 2 aliphatic rings. The average molecular weight is 1110 g/mol. The zero-order chi connectivity index (χ0) is 52.4. The number of benzene rings is 10. The van der Waals surface area contributed by atoms with Crippen LogP contribution in [0.25, 0.3) is 72.0 Å². The molecule has 0 saturated heterocycles. The third-order valence-corrected chi connectivity index (χ3v) is 18.6. The van der Waals surface area contributed by atoms with Crippen molar-refractivity contribution < 1.29 is 17.6 Å². The van der Waals surface area contributed by atoms with Crippen molar-refractivity contribution in [3.05, 3.63) is 235 Å². The summed E-state index contributed by atoms with van der Waals surface area (Å²) in [4.78, 5) is 2.43. The molecule has 0 spiro atoms. The topological polar surface area (TPSA) is 8.17 Å². The molecule has 0 radical (unpaired) electrons. The molecule has 370 valence electrons. The summed E-state index contributed by atoms with van der Waals surface area (Å²) in [5, 5.41) is 2.36. The van der Waals surface area contributed by atoms with Crippen LogP contribution in [0.3, 0.4) is 0 Å². The Morgan fingerprint density at radius 2 is 0.895 bits per heavy atom. The molecule has 0 bridgehead atoms. The van der Waals surface area contributed by atoms with Crippen molar-refractivity contribution >= 4 is 90.1 Å². The van der Waals surface area contributed by atoms with Gasteiger partial charge in [-0.2, -0.15) is 0 Å². The van der Waals surface area contributed by atoms with E-state index in [1.807, 2.05) is 24.3 Å². The van der Waals surface area contributed by atoms with Crippen LogP contribution < -0.4 is 28.5 Å². The zero-order valence-electron chi connectivity index (χ0n) is 42.9. The normalized spacial score (nSPS) is 13.0. The maximum absolute atomic E-state index is 15.3. The Hall–Kier alpha value is -7.63. The second-order valence-electron chi connectivity index (χ2n) is 22.3. The van der Waals surface area contributed by atoms with Gasteiger partial charge in [0, 0.05) is 0 Å². The average Bonchev–Trinajstić information content (AvgIpc) is 3.85. The molecule has 0 amide bonds. The first kappa shape index (κ1) is 48.0. The van der Waals surface area contributed by atoms with E-state index in [0.29, 0.717) is 16.7 Å². The number of para-hydroxylation sites is 1. The molecule has 0 unspecified atom stereocenters. The number of anilines is 3. The fourth-order valence-corrected chi connectivity index (χ4v) is 15.2. The van der Waals surface area contributed by atoms with Crippen LogP contribution in [-0.4, -0.2) is 32.2 Å². The van der Waals surface area contributed by atoms with Crippen molar-refractivity contribution in [2.24, 2.45) is 0 Å². The van der Waals surface area contributed by atoms with E-state index < -0.39 is 44.2 Å². The molecule has 0 aliphatic carbocycles. The van der Waals surface area contributed by atoms with Gasteiger partial charge in [0.25, 0.3) is 0 Å². The molecule has 1 aromatic heterocycles. The van der Waals surface area contributed by atoms with Crippen LogP contribution in [0.4, 0.5) is 34.6 Å². The summed E-state index contributed by atoms with van der Waals surface area (Å²) < 4.78 is 65.2. The van der Waals surface area contributed by atoms with Crippen molar-refractivity contribution in [1.82, 2.24) is 4.57 Å². The van der Waals surface area contributed by atoms with Gasteiger partial charge in [0.05, 0.1) is 0 Å². The summed E-state index contributed by atoms with van der Waals surface area (Å²) in [7, 11) is 0. The molecular weight excluding hydrogens is 1060 g/mol. The predicted octanol–water partition coefficient (Wildman–Crippen LogP) is 14.9. The van der Waals surface area contributed by atoms with Crippen molar-refractivity contribution in [2.45, 2.75) is 52.4 Å². The summed E-state index contributed by atoms with van der Waals surface area (Å²) in [6.45, 7) is 13.3. The number of nitrogens with zero attached hydrogens (tertiary/aromatic N) is 2. The van der Waals surface area contributed by atoms with Crippen LogP contribution in [0.2, 0.25) is 0 Å². The second-order valence-corrected chi connectivity index (χ2v) is 25.4. The molecule has 2 nitrogen and oxygen atoms in total. The summed E-state index contributed by atoms with van der Waals surface area (Å²) in [5.41, 5.74) is 18.2. The first-order valence-electron chi connectivity index (χ1n) is 25.8. The quantitative estimate of drug-likeness (QED) is 0.119. The van der Waals surface area contributed by atoms with E-state index in [-0.39, 0.29) is 17.5 Å². The van der Waals surface area contributed by atoms with Crippen LogP contribution >= 0.6 is 0 Å². The van der Waals surface area contributed by atoms with E-state index in [0.717, 1.165) is 84.7 Å². The minimum absolute atomic E-state index is 0.0866. The molecule has 76 heavy (non-hydrogen) atoms. The molecule has 13 rings (SSSR count). The van der Waals surface area contributed by atoms with Crippen LogP contribution in [-0.2, 0) is 10.8 Å². The first-order valence-corrected chi connectivity index (χ1v) is 28.1. The van der Waals surface area contributed by atoms with Crippen LogP contribution in [0.15, 0.2) is 200 Å². The Morgan fingerprint density at radius 1 is 0.395 bits per heavy atom. The standard InChI is InChI=1S/C68H51BF4N2Te/c1-67(2,3)46-22-26-59-55(34-46)56-35-47(68(4,5)6)23-27-60(56)74(59)52-38-62-65-64(39-52)76-63-33-43(45-30-50(72)37-51(73)31-45)21-25-58(63)69(65)57-24-20-42(44-28-48(70)36-49(71)29-44)32-61(57)75(62)66-53(40-14-9-7-10-15-40)18-13-19-54(66)41-16-11-8-12-17-41/h7-39H,1-6H3. The molecule has 8 heteroatoms. The Morgan fingerprint density at radius 3 is 1.41 bits per heavy atom. The van der Waals surface area contributed by atoms with Crippen LogP contribution in [0, 0.1) is 23.3 Å². The minimum atomic E-state index is -1.21. The third kappa shape index (κ3) is 8.17. The second kappa shape index (κ2) is 18.0. The molecule has 0 saturated carbocycles. The first-order chi connectivity index (χ1) is 36.6. The Bertz CT molecular complexity index is 4000. The number of rotatable bonds is 6. The summed E-state index contributed by atoms with van der Waals surface area (Å²) in [6, 6.07) is 66.0. The van der Waals surface area contributed by atoms with Crippen molar-refractivity contribution in [3.8, 4) is 50.2 Å². The monoisotopic (exact) mass is 1110 g/mol. The van der Waals surface area contributed by atoms with Crippen molar-refractivity contribution in [1.29, 1.82) is 0 Å². The van der Waals surface area contributed by atoms with Crippen molar-refractivity contribution in [2.75, 3.05) is 4.90 Å². The van der Waals surface area contributed by atoms with Gasteiger partial charge < -0.3 is 0 Å². The van der Waals surface area contributed by atoms with E-state index in [2.05, 4.69) is 191 Å². The Kier molecular flexibility index (Phi) is 11.4. The van der Waals surface area contributed by atoms with Gasteiger partial charge in [-0.25, -0.2) is 0 Å². The summed E-state index contributed by atoms with van der Waals surface area (Å²) in [6.07, 6.45) is 0. The van der Waals surface area contributed by atoms with Gasteiger partial charge in [0.15, 0.2) is 0 Å². The van der Waals surface area contributed by atoms with E-state index in [4.69, 9.17) is 0 Å². The third-order valence-electron chi connectivity index (χ3n) is 15.3. The molecule has 10 aromatic carbocycles. The van der Waals surface area contributed by atoms with E-state index in [1.165, 1.54) is 58.9 Å². The summed E-state index contributed by atoms with van der Waals surface area (Å²) >= 11 is -1.21. The number of hydrogen-bond acceptors (Lipinski definition) is 1. The van der Waals surface area contributed by atoms with Gasteiger partial charge >= 0.3 is 454 Å². The van der Waals surface area contributed by atoms with Gasteiger partial charge in [-0.3, -0.25) is 0 Å². The predicted molar refractivity (Wildman–Crippen MR) is 311 cm³/mol. The van der Waals surface area contributed by atoms with Crippen molar-refractivity contribution in [3.63, 3.8) is 0 Å². The molecule has 0 atom stereocenters. The van der Waals surface area contributed by atoms with E-state index >= 15 is 8.78 Å². The van der Waals surface area contributed by atoms with Gasteiger partial charge in [0.2, 0.25) is 0 Å². The molecule has 3 heterocycles. The van der Waals surface area contributed by atoms with Gasteiger partial charge in [-0.1, -0.05) is 0 Å². The van der Waals surface area contributed by atoms with Gasteiger partial charge in [-0.15, -0.1) is 0 Å². The summed E-state index contributed by atoms with van der Waals surface area (Å²) in [5.74, 6) is -2.55. The maximum atomic E-state index is 15.3. The van der Waals surface area contributed by atoms with Gasteiger partial charge in [0.1, 0.15) is 0 Å². The van der Waals surface area contributed by atoms with Gasteiger partial charge in [-0.05, 0) is 0 Å². The van der Waals surface area contributed by atoms with Crippen LogP contribution in [0.1, 0.15) is 52.7 Å². The molecule has 0 N–H and O–H groups in total.